The summed E-state index contributed by atoms with van der Waals surface area (Å²) in [6.07, 6.45) is 0.978. The van der Waals surface area contributed by atoms with E-state index in [0.29, 0.717) is 31.5 Å². The van der Waals surface area contributed by atoms with Gasteiger partial charge < -0.3 is 15.0 Å². The second-order valence-corrected chi connectivity index (χ2v) is 9.35. The van der Waals surface area contributed by atoms with Crippen LogP contribution in [0.25, 0.3) is 0 Å². The van der Waals surface area contributed by atoms with Crippen molar-refractivity contribution < 1.29 is 26.7 Å². The molecule has 2 heterocycles. The molecular weight excluding hydrogens is 424 g/mol. The lowest BCUT2D eigenvalue weighted by molar-refractivity contribution is -0.0504. The highest BCUT2D eigenvalue weighted by Crippen LogP contribution is 2.21. The Balaban J connectivity index is 1.48. The highest BCUT2D eigenvalue weighted by molar-refractivity contribution is 7.91. The molecule has 0 atom stereocenters. The van der Waals surface area contributed by atoms with Crippen LogP contribution in [0.1, 0.15) is 18.4 Å². The Morgan fingerprint density at radius 3 is 2.59 bits per heavy atom. The van der Waals surface area contributed by atoms with Crippen molar-refractivity contribution in [3.8, 4) is 5.75 Å². The third kappa shape index (κ3) is 5.87. The first-order valence-electron chi connectivity index (χ1n) is 8.96. The van der Waals surface area contributed by atoms with E-state index in [1.54, 1.807) is 40.6 Å². The first kappa shape index (κ1) is 21.5. The SMILES string of the molecule is O=C(NCc1ccccc1OC(F)F)N1CCC(NS(=O)(=O)c2cccs2)CC1. The van der Waals surface area contributed by atoms with Gasteiger partial charge in [-0.3, -0.25) is 0 Å². The molecule has 7 nitrogen and oxygen atoms in total. The maximum absolute atomic E-state index is 12.5. The molecule has 3 rings (SSSR count). The molecule has 158 valence electrons. The number of sulfonamides is 1. The zero-order valence-corrected chi connectivity index (χ0v) is 17.0. The first-order chi connectivity index (χ1) is 13.8. The number of carbonyl (C=O) groups excluding carboxylic acids is 1. The van der Waals surface area contributed by atoms with Crippen LogP contribution in [0, 0.1) is 0 Å². The van der Waals surface area contributed by atoms with Crippen LogP contribution in [0.15, 0.2) is 46.0 Å². The number of rotatable bonds is 7. The molecule has 1 aliphatic rings. The highest BCUT2D eigenvalue weighted by Gasteiger charge is 2.27. The van der Waals surface area contributed by atoms with Crippen LogP contribution in [-0.4, -0.2) is 45.1 Å². The Morgan fingerprint density at radius 2 is 1.93 bits per heavy atom. The van der Waals surface area contributed by atoms with Crippen LogP contribution >= 0.6 is 11.3 Å². The minimum Gasteiger partial charge on any atom is -0.434 e. The maximum atomic E-state index is 12.5. The molecule has 11 heteroatoms. The molecule has 1 aromatic heterocycles. The summed E-state index contributed by atoms with van der Waals surface area (Å²) < 4.78 is 56.9. The molecule has 1 saturated heterocycles. The van der Waals surface area contributed by atoms with Gasteiger partial charge in [0.25, 0.3) is 0 Å². The van der Waals surface area contributed by atoms with E-state index < -0.39 is 16.6 Å². The van der Waals surface area contributed by atoms with Crippen molar-refractivity contribution in [3.63, 3.8) is 0 Å². The van der Waals surface area contributed by atoms with Gasteiger partial charge in [0.2, 0.25) is 10.0 Å². The van der Waals surface area contributed by atoms with Crippen LogP contribution in [0.5, 0.6) is 5.75 Å². The van der Waals surface area contributed by atoms with E-state index in [-0.39, 0.29) is 28.6 Å². The number of carbonyl (C=O) groups is 1. The van der Waals surface area contributed by atoms with Crippen LogP contribution < -0.4 is 14.8 Å². The second-order valence-electron chi connectivity index (χ2n) is 6.46. The number of benzene rings is 1. The molecule has 1 aromatic carbocycles. The van der Waals surface area contributed by atoms with E-state index in [1.165, 1.54) is 6.07 Å². The molecule has 29 heavy (non-hydrogen) atoms. The molecule has 0 radical (unpaired) electrons. The summed E-state index contributed by atoms with van der Waals surface area (Å²) in [5.41, 5.74) is 0.444. The zero-order chi connectivity index (χ0) is 20.9. The van der Waals surface area contributed by atoms with Crippen molar-refractivity contribution in [2.75, 3.05) is 13.1 Å². The summed E-state index contributed by atoms with van der Waals surface area (Å²) in [5, 5.41) is 4.39. The topological polar surface area (TPSA) is 87.7 Å². The quantitative estimate of drug-likeness (QED) is 0.686. The van der Waals surface area contributed by atoms with Crippen LogP contribution in [0.4, 0.5) is 13.6 Å². The largest absolute Gasteiger partial charge is 0.434 e. The van der Waals surface area contributed by atoms with Gasteiger partial charge in [-0.25, -0.2) is 17.9 Å². The number of amides is 2. The van der Waals surface area contributed by atoms with E-state index in [1.807, 2.05) is 0 Å². The van der Waals surface area contributed by atoms with E-state index in [4.69, 9.17) is 0 Å². The van der Waals surface area contributed by atoms with Gasteiger partial charge in [0, 0.05) is 31.2 Å². The van der Waals surface area contributed by atoms with Crippen molar-refractivity contribution in [1.29, 1.82) is 0 Å². The van der Waals surface area contributed by atoms with Gasteiger partial charge in [0.15, 0.2) is 0 Å². The standard InChI is InChI=1S/C18H21F2N3O4S2/c19-17(20)27-15-5-2-1-4-13(15)12-21-18(24)23-9-7-14(8-10-23)22-29(25,26)16-6-3-11-28-16/h1-6,11,14,17,22H,7-10,12H2,(H,21,24). The van der Waals surface area contributed by atoms with E-state index in [9.17, 15) is 22.0 Å². The molecule has 0 bridgehead atoms. The van der Waals surface area contributed by atoms with Crippen molar-refractivity contribution >= 4 is 27.4 Å². The third-order valence-electron chi connectivity index (χ3n) is 4.48. The molecule has 1 fully saturated rings. The number of hydrogen-bond acceptors (Lipinski definition) is 5. The predicted molar refractivity (Wildman–Crippen MR) is 105 cm³/mol. The first-order valence-corrected chi connectivity index (χ1v) is 11.3. The molecule has 0 saturated carbocycles. The summed E-state index contributed by atoms with van der Waals surface area (Å²) in [5.74, 6) is 0.0180. The van der Waals surface area contributed by atoms with Gasteiger partial charge in [-0.2, -0.15) is 8.78 Å². The van der Waals surface area contributed by atoms with Gasteiger partial charge in [-0.15, -0.1) is 11.3 Å². The van der Waals surface area contributed by atoms with Crippen molar-refractivity contribution in [3.05, 3.63) is 47.3 Å². The second kappa shape index (κ2) is 9.51. The number of alkyl halides is 2. The number of ether oxygens (including phenoxy) is 1. The molecule has 0 spiro atoms. The number of hydrogen-bond donors (Lipinski definition) is 2. The van der Waals surface area contributed by atoms with Crippen LogP contribution in [-0.2, 0) is 16.6 Å². The summed E-state index contributed by atoms with van der Waals surface area (Å²) in [4.78, 5) is 13.9. The van der Waals surface area contributed by atoms with Crippen LogP contribution in [0.3, 0.4) is 0 Å². The van der Waals surface area contributed by atoms with Gasteiger partial charge in [-0.05, 0) is 30.4 Å². The summed E-state index contributed by atoms with van der Waals surface area (Å²) in [6, 6.07) is 8.91. The summed E-state index contributed by atoms with van der Waals surface area (Å²) in [6.45, 7) is -2.12. The fourth-order valence-electron chi connectivity index (χ4n) is 3.04. The summed E-state index contributed by atoms with van der Waals surface area (Å²) >= 11 is 1.15. The van der Waals surface area contributed by atoms with E-state index >= 15 is 0 Å². The molecule has 0 aliphatic carbocycles. The van der Waals surface area contributed by atoms with Gasteiger partial charge in [-0.1, -0.05) is 24.3 Å². The molecule has 1 aliphatic heterocycles. The van der Waals surface area contributed by atoms with Gasteiger partial charge >= 0.3 is 12.6 Å². The highest BCUT2D eigenvalue weighted by atomic mass is 32.2. The van der Waals surface area contributed by atoms with Crippen LogP contribution in [0.2, 0.25) is 0 Å². The third-order valence-corrected chi connectivity index (χ3v) is 7.40. The van der Waals surface area contributed by atoms with Gasteiger partial charge in [0.1, 0.15) is 9.96 Å². The molecular formula is C18H21F2N3O4S2. The Labute approximate surface area is 171 Å². The van der Waals surface area contributed by atoms with Crippen molar-refractivity contribution in [1.82, 2.24) is 14.9 Å². The molecule has 2 aromatic rings. The van der Waals surface area contributed by atoms with Gasteiger partial charge in [0.05, 0.1) is 0 Å². The summed E-state index contributed by atoms with van der Waals surface area (Å²) in [7, 11) is -3.54. The van der Waals surface area contributed by atoms with E-state index in [2.05, 4.69) is 14.8 Å². The smallest absolute Gasteiger partial charge is 0.387 e. The fourth-order valence-corrected chi connectivity index (χ4v) is 5.35. The molecule has 2 N–H and O–H groups in total. The van der Waals surface area contributed by atoms with Crippen molar-refractivity contribution in [2.45, 2.75) is 36.2 Å². The van der Waals surface area contributed by atoms with E-state index in [0.717, 1.165) is 11.3 Å². The Kier molecular flexibility index (Phi) is 7.04. The Bertz CT molecular complexity index is 915. The number of para-hydroxylation sites is 1. The number of urea groups is 1. The molecule has 0 unspecified atom stereocenters. The minimum absolute atomic E-state index is 0.0180. The molecule has 2 amide bonds. The maximum Gasteiger partial charge on any atom is 0.387 e. The normalized spacial score (nSPS) is 15.5. The zero-order valence-electron chi connectivity index (χ0n) is 15.4. The number of piperidine rings is 1. The Morgan fingerprint density at radius 1 is 1.21 bits per heavy atom. The number of nitrogens with one attached hydrogen (secondary N) is 2. The predicted octanol–water partition coefficient (Wildman–Crippen LogP) is 3.00. The number of nitrogens with zero attached hydrogens (tertiary/aromatic N) is 1. The lowest BCUT2D eigenvalue weighted by atomic mass is 10.1. The average Bonchev–Trinajstić information content (AvgIpc) is 3.23. The number of halogens is 2. The average molecular weight is 446 g/mol. The Hall–Kier alpha value is -2.24. The fraction of sp³-hybridized carbons (Fsp3) is 0.389. The number of likely N-dealkylation sites (tertiary alicyclic amines) is 1. The lowest BCUT2D eigenvalue weighted by Crippen LogP contribution is -2.49. The lowest BCUT2D eigenvalue weighted by Gasteiger charge is -2.32. The monoisotopic (exact) mass is 445 g/mol. The minimum atomic E-state index is -3.54. The van der Waals surface area contributed by atoms with Crippen molar-refractivity contribution in [2.24, 2.45) is 0 Å². The number of thiophene rings is 1.